The highest BCUT2D eigenvalue weighted by atomic mass is 16.5. The molecule has 15 heavy (non-hydrogen) atoms. The van der Waals surface area contributed by atoms with E-state index in [1.165, 1.54) is 6.92 Å². The highest BCUT2D eigenvalue weighted by molar-refractivity contribution is 5.87. The van der Waals surface area contributed by atoms with Gasteiger partial charge in [0.2, 0.25) is 0 Å². The summed E-state index contributed by atoms with van der Waals surface area (Å²) in [7, 11) is 0. The SMILES string of the molecule is C=C(C)C(=O)OCCCC=C(C)C(=O)O. The molecule has 0 unspecified atom stereocenters. The van der Waals surface area contributed by atoms with Crippen LogP contribution in [-0.4, -0.2) is 23.7 Å². The van der Waals surface area contributed by atoms with Crippen molar-refractivity contribution in [3.05, 3.63) is 23.8 Å². The monoisotopic (exact) mass is 212 g/mol. The third kappa shape index (κ3) is 6.49. The molecule has 0 aliphatic heterocycles. The van der Waals surface area contributed by atoms with Crippen molar-refractivity contribution in [2.45, 2.75) is 26.7 Å². The van der Waals surface area contributed by atoms with Crippen molar-refractivity contribution in [3.63, 3.8) is 0 Å². The Labute approximate surface area is 89.2 Å². The first-order valence-corrected chi connectivity index (χ1v) is 4.68. The molecule has 1 N–H and O–H groups in total. The number of esters is 1. The maximum atomic E-state index is 10.9. The summed E-state index contributed by atoms with van der Waals surface area (Å²) < 4.78 is 4.83. The van der Waals surface area contributed by atoms with E-state index in [9.17, 15) is 9.59 Å². The second kappa shape index (κ2) is 6.81. The van der Waals surface area contributed by atoms with Gasteiger partial charge < -0.3 is 9.84 Å². The Balaban J connectivity index is 3.65. The molecular formula is C11H16O4. The first-order valence-electron chi connectivity index (χ1n) is 4.68. The van der Waals surface area contributed by atoms with E-state index in [0.29, 0.717) is 24.0 Å². The van der Waals surface area contributed by atoms with Gasteiger partial charge in [-0.2, -0.15) is 0 Å². The maximum absolute atomic E-state index is 10.9. The fourth-order valence-electron chi connectivity index (χ4n) is 0.777. The molecule has 0 aromatic carbocycles. The van der Waals surface area contributed by atoms with Crippen molar-refractivity contribution in [1.82, 2.24) is 0 Å². The minimum atomic E-state index is -0.922. The Morgan fingerprint density at radius 1 is 1.40 bits per heavy atom. The number of allylic oxidation sites excluding steroid dienone is 1. The molecule has 0 atom stereocenters. The van der Waals surface area contributed by atoms with Gasteiger partial charge >= 0.3 is 11.9 Å². The lowest BCUT2D eigenvalue weighted by molar-refractivity contribution is -0.139. The number of ether oxygens (including phenoxy) is 1. The normalized spacial score (nSPS) is 10.9. The number of carboxylic acids is 1. The van der Waals surface area contributed by atoms with Crippen molar-refractivity contribution in [2.75, 3.05) is 6.61 Å². The molecule has 0 aromatic rings. The number of aliphatic carboxylic acids is 1. The molecular weight excluding hydrogens is 196 g/mol. The minimum absolute atomic E-state index is 0.287. The van der Waals surface area contributed by atoms with E-state index in [1.807, 2.05) is 0 Å². The highest BCUT2D eigenvalue weighted by Gasteiger charge is 2.02. The molecule has 0 spiro atoms. The third-order valence-electron chi connectivity index (χ3n) is 1.72. The Bertz CT molecular complexity index is 289. The predicted molar refractivity (Wildman–Crippen MR) is 56.4 cm³/mol. The molecule has 0 saturated carbocycles. The average molecular weight is 212 g/mol. The van der Waals surface area contributed by atoms with Crippen molar-refractivity contribution in [3.8, 4) is 0 Å². The Morgan fingerprint density at radius 2 is 2.00 bits per heavy atom. The Morgan fingerprint density at radius 3 is 2.47 bits per heavy atom. The summed E-state index contributed by atoms with van der Waals surface area (Å²) in [6, 6.07) is 0. The average Bonchev–Trinajstić information content (AvgIpc) is 2.16. The van der Waals surface area contributed by atoms with Crippen molar-refractivity contribution in [1.29, 1.82) is 0 Å². The highest BCUT2D eigenvalue weighted by Crippen LogP contribution is 2.00. The van der Waals surface area contributed by atoms with Gasteiger partial charge in [0.05, 0.1) is 6.61 Å². The summed E-state index contributed by atoms with van der Waals surface area (Å²) in [5, 5.41) is 8.53. The van der Waals surface area contributed by atoms with Gasteiger partial charge in [0.15, 0.2) is 0 Å². The van der Waals surface area contributed by atoms with E-state index in [-0.39, 0.29) is 6.61 Å². The van der Waals surface area contributed by atoms with Crippen LogP contribution in [0.1, 0.15) is 26.7 Å². The number of carbonyl (C=O) groups excluding carboxylic acids is 1. The van der Waals surface area contributed by atoms with Crippen LogP contribution in [0.5, 0.6) is 0 Å². The zero-order valence-electron chi connectivity index (χ0n) is 9.08. The van der Waals surface area contributed by atoms with Crippen LogP contribution in [0.4, 0.5) is 0 Å². The van der Waals surface area contributed by atoms with Gasteiger partial charge in [-0.15, -0.1) is 0 Å². The largest absolute Gasteiger partial charge is 0.478 e. The smallest absolute Gasteiger partial charge is 0.333 e. The third-order valence-corrected chi connectivity index (χ3v) is 1.72. The van der Waals surface area contributed by atoms with Crippen LogP contribution in [0.25, 0.3) is 0 Å². The standard InChI is InChI=1S/C11H16O4/c1-8(2)11(14)15-7-5-4-6-9(3)10(12)13/h6H,1,4-5,7H2,2-3H3,(H,12,13). The zero-order chi connectivity index (χ0) is 11.8. The number of hydrogen-bond acceptors (Lipinski definition) is 3. The second-order valence-corrected chi connectivity index (χ2v) is 3.25. The van der Waals surface area contributed by atoms with Crippen molar-refractivity contribution >= 4 is 11.9 Å². The first-order chi connectivity index (χ1) is 6.95. The number of unbranched alkanes of at least 4 members (excludes halogenated alkanes) is 1. The lowest BCUT2D eigenvalue weighted by atomic mass is 10.2. The fraction of sp³-hybridized carbons (Fsp3) is 0.455. The molecule has 0 aliphatic carbocycles. The van der Waals surface area contributed by atoms with E-state index in [0.717, 1.165) is 0 Å². The summed E-state index contributed by atoms with van der Waals surface area (Å²) in [5.74, 6) is -1.33. The summed E-state index contributed by atoms with van der Waals surface area (Å²) in [5.41, 5.74) is 0.675. The van der Waals surface area contributed by atoms with E-state index in [2.05, 4.69) is 6.58 Å². The lowest BCUT2D eigenvalue weighted by Crippen LogP contribution is -2.06. The van der Waals surface area contributed by atoms with E-state index < -0.39 is 11.9 Å². The van der Waals surface area contributed by atoms with Crippen molar-refractivity contribution in [2.24, 2.45) is 0 Å². The molecule has 4 heteroatoms. The van der Waals surface area contributed by atoms with Gasteiger partial charge in [-0.05, 0) is 26.7 Å². The molecule has 0 saturated heterocycles. The number of rotatable bonds is 6. The van der Waals surface area contributed by atoms with Crippen LogP contribution < -0.4 is 0 Å². The number of carbonyl (C=O) groups is 2. The van der Waals surface area contributed by atoms with Crippen LogP contribution >= 0.6 is 0 Å². The summed E-state index contributed by atoms with van der Waals surface area (Å²) in [6.45, 7) is 6.84. The van der Waals surface area contributed by atoms with Gasteiger partial charge in [0, 0.05) is 11.1 Å². The molecule has 0 aliphatic rings. The van der Waals surface area contributed by atoms with E-state index in [1.54, 1.807) is 13.0 Å². The lowest BCUT2D eigenvalue weighted by Gasteiger charge is -2.02. The molecule has 0 amide bonds. The van der Waals surface area contributed by atoms with E-state index >= 15 is 0 Å². The van der Waals surface area contributed by atoms with Crippen LogP contribution in [0, 0.1) is 0 Å². The van der Waals surface area contributed by atoms with Crippen LogP contribution in [0.15, 0.2) is 23.8 Å². The Hall–Kier alpha value is -1.58. The molecule has 0 bridgehead atoms. The molecule has 4 nitrogen and oxygen atoms in total. The minimum Gasteiger partial charge on any atom is -0.478 e. The van der Waals surface area contributed by atoms with E-state index in [4.69, 9.17) is 9.84 Å². The summed E-state index contributed by atoms with van der Waals surface area (Å²) >= 11 is 0. The molecule has 0 fully saturated rings. The van der Waals surface area contributed by atoms with Gasteiger partial charge in [-0.25, -0.2) is 9.59 Å². The molecule has 0 heterocycles. The van der Waals surface area contributed by atoms with Gasteiger partial charge in [0.1, 0.15) is 0 Å². The molecule has 0 rings (SSSR count). The summed E-state index contributed by atoms with van der Waals surface area (Å²) in [6.07, 6.45) is 2.81. The molecule has 84 valence electrons. The van der Waals surface area contributed by atoms with Gasteiger partial charge in [-0.1, -0.05) is 12.7 Å². The predicted octanol–water partition coefficient (Wildman–Crippen LogP) is 1.92. The van der Waals surface area contributed by atoms with Crippen molar-refractivity contribution < 1.29 is 19.4 Å². The van der Waals surface area contributed by atoms with Crippen LogP contribution in [0.3, 0.4) is 0 Å². The maximum Gasteiger partial charge on any atom is 0.333 e. The summed E-state index contributed by atoms with van der Waals surface area (Å²) in [4.78, 5) is 21.3. The topological polar surface area (TPSA) is 63.6 Å². The number of carboxylic acid groups (broad SMARTS) is 1. The van der Waals surface area contributed by atoms with Gasteiger partial charge in [0.25, 0.3) is 0 Å². The van der Waals surface area contributed by atoms with Gasteiger partial charge in [-0.3, -0.25) is 0 Å². The molecule has 0 aromatic heterocycles. The Kier molecular flexibility index (Phi) is 6.09. The first kappa shape index (κ1) is 13.4. The second-order valence-electron chi connectivity index (χ2n) is 3.25. The van der Waals surface area contributed by atoms with Crippen LogP contribution in [0.2, 0.25) is 0 Å². The number of hydrogen-bond donors (Lipinski definition) is 1. The fourth-order valence-corrected chi connectivity index (χ4v) is 0.777. The van der Waals surface area contributed by atoms with Crippen LogP contribution in [-0.2, 0) is 14.3 Å². The zero-order valence-corrected chi connectivity index (χ0v) is 9.08. The quantitative estimate of drug-likeness (QED) is 0.415. The molecule has 0 radical (unpaired) electrons.